The number of hydrogen-bond acceptors (Lipinski definition) is 2. The Morgan fingerprint density at radius 3 is 1.61 bits per heavy atom. The van der Waals surface area contributed by atoms with Gasteiger partial charge in [-0.3, -0.25) is 4.98 Å². The van der Waals surface area contributed by atoms with Crippen LogP contribution in [0, 0.1) is 0 Å². The van der Waals surface area contributed by atoms with Crippen LogP contribution in [0.1, 0.15) is 59.3 Å². The van der Waals surface area contributed by atoms with Gasteiger partial charge in [-0.05, 0) is 0 Å². The summed E-state index contributed by atoms with van der Waals surface area (Å²) in [5.74, 6) is 0. The maximum absolute atomic E-state index is 3.74. The summed E-state index contributed by atoms with van der Waals surface area (Å²) in [6, 6.07) is 0. The topological polar surface area (TPSA) is 12.9 Å². The summed E-state index contributed by atoms with van der Waals surface area (Å²) < 4.78 is 5.08. The zero-order valence-electron chi connectivity index (χ0n) is 12.5. The molecule has 0 atom stereocenters. The quantitative estimate of drug-likeness (QED) is 0.500. The number of unbranched alkanes of at least 4 members (excludes halogenated alkanes) is 3. The monoisotopic (exact) mass is 377 g/mol. The van der Waals surface area contributed by atoms with E-state index in [-0.39, 0.29) is 0 Å². The van der Waals surface area contributed by atoms with E-state index in [1.807, 2.05) is 5.38 Å². The summed E-state index contributed by atoms with van der Waals surface area (Å²) in [6.45, 7) is 7.01. The number of thiazole rings is 1. The van der Waals surface area contributed by atoms with Crippen molar-refractivity contribution < 1.29 is 0 Å². The molecule has 1 aromatic rings. The minimum atomic E-state index is -0.967. The molecule has 0 saturated heterocycles. The molecule has 1 aromatic heterocycles. The van der Waals surface area contributed by atoms with Crippen molar-refractivity contribution in [3.8, 4) is 0 Å². The first-order valence-electron chi connectivity index (χ1n) is 7.67. The van der Waals surface area contributed by atoms with Crippen LogP contribution in [0.4, 0.5) is 0 Å². The van der Waals surface area contributed by atoms with Crippen LogP contribution in [0.5, 0.6) is 0 Å². The van der Waals surface area contributed by atoms with Crippen LogP contribution in [0.15, 0.2) is 17.1 Å². The van der Waals surface area contributed by atoms with Gasteiger partial charge in [-0.25, -0.2) is 0 Å². The molecule has 3 heteroatoms. The zero-order valence-corrected chi connectivity index (χ0v) is 16.6. The first-order valence-corrected chi connectivity index (χ1v) is 15.6. The third-order valence-corrected chi connectivity index (χ3v) is 14.3. The van der Waals surface area contributed by atoms with Gasteiger partial charge in [0.25, 0.3) is 0 Å². The van der Waals surface area contributed by atoms with Crippen LogP contribution < -0.4 is 0 Å². The summed E-state index contributed by atoms with van der Waals surface area (Å²) in [5, 5.41) is 1.93. The molecule has 0 aliphatic carbocycles. The molecule has 0 bridgehead atoms. The van der Waals surface area contributed by atoms with Crippen LogP contribution in [0.25, 0.3) is 0 Å². The van der Waals surface area contributed by atoms with Crippen LogP contribution in [-0.4, -0.2) is 24.7 Å². The Labute approximate surface area is 125 Å². The van der Waals surface area contributed by atoms with Gasteiger partial charge < -0.3 is 0 Å². The second-order valence-corrected chi connectivity index (χ2v) is 15.6. The van der Waals surface area contributed by atoms with Gasteiger partial charge in [0.2, 0.25) is 0 Å². The second-order valence-electron chi connectivity index (χ2n) is 4.97. The van der Waals surface area contributed by atoms with Crippen LogP contribution in [-0.2, 0) is 0 Å². The van der Waals surface area contributed by atoms with E-state index in [1.165, 1.54) is 38.5 Å². The molecule has 0 radical (unpaired) electrons. The minimum absolute atomic E-state index is 0.967. The van der Waals surface area contributed by atoms with E-state index in [0.29, 0.717) is 0 Å². The van der Waals surface area contributed by atoms with Crippen molar-refractivity contribution in [3.63, 3.8) is 0 Å². The van der Waals surface area contributed by atoms with Crippen molar-refractivity contribution in [2.24, 2.45) is 0 Å². The average molecular weight is 376 g/mol. The van der Waals surface area contributed by atoms with Gasteiger partial charge in [-0.1, -0.05) is 0 Å². The maximum Gasteiger partial charge on any atom is 0.0791 e. The smallest absolute Gasteiger partial charge is 0.0791 e. The fraction of sp³-hybridized carbons (Fsp3) is 0.800. The summed E-state index contributed by atoms with van der Waals surface area (Å²) in [5.41, 5.74) is 1.79. The summed E-state index contributed by atoms with van der Waals surface area (Å²) in [6.07, 6.45) is 10.6. The molecule has 0 fully saturated rings. The van der Waals surface area contributed by atoms with E-state index in [4.69, 9.17) is 0 Å². The number of aromatic nitrogens is 1. The molecule has 18 heavy (non-hydrogen) atoms. The first kappa shape index (κ1) is 18.4. The minimum Gasteiger partial charge on any atom is -0.253 e. The Hall–Kier alpha value is 0.429. The van der Waals surface area contributed by atoms with E-state index in [9.17, 15) is 0 Å². The van der Waals surface area contributed by atoms with Gasteiger partial charge in [0.1, 0.15) is 0 Å². The molecule has 0 unspecified atom stereocenters. The number of rotatable bonds is 9. The van der Waals surface area contributed by atoms with E-state index in [2.05, 4.69) is 25.8 Å². The molecule has 1 nitrogen and oxygen atoms in total. The molecule has 0 N–H and O–H groups in total. The Kier molecular flexibility index (Phi) is 15.9. The molecule has 0 aromatic carbocycles. The number of nitrogens with zero attached hydrogens (tertiary/aromatic N) is 1. The molecule has 0 saturated carbocycles. The summed E-state index contributed by atoms with van der Waals surface area (Å²) in [4.78, 5) is 3.74. The van der Waals surface area contributed by atoms with Crippen LogP contribution >= 0.6 is 11.3 Å². The van der Waals surface area contributed by atoms with Crippen LogP contribution in [0.2, 0.25) is 13.3 Å². The van der Waals surface area contributed by atoms with Crippen molar-refractivity contribution in [3.05, 3.63) is 17.1 Å². The largest absolute Gasteiger partial charge is 0.253 e. The van der Waals surface area contributed by atoms with E-state index in [1.54, 1.807) is 36.4 Å². The first-order chi connectivity index (χ1) is 8.85. The normalized spacial score (nSPS) is 10.2. The molecule has 0 aliphatic rings. The standard InChI is InChI=1S/3C4H9.C3H3NS.Sn.H/c3*1-3-4-2;1-2-5-3-4-1;;/h3*1,3-4H2,2H3;1-3H;;. The Balaban J connectivity index is 0.000000473. The van der Waals surface area contributed by atoms with Crippen LogP contribution in [0.3, 0.4) is 0 Å². The Morgan fingerprint density at radius 1 is 0.889 bits per heavy atom. The van der Waals surface area contributed by atoms with Gasteiger partial charge in [0.05, 0.1) is 5.51 Å². The van der Waals surface area contributed by atoms with Crippen molar-refractivity contribution in [1.29, 1.82) is 0 Å². The van der Waals surface area contributed by atoms with Gasteiger partial charge in [0.15, 0.2) is 0 Å². The zero-order chi connectivity index (χ0) is 13.5. The van der Waals surface area contributed by atoms with E-state index in [0.717, 1.165) is 0 Å². The van der Waals surface area contributed by atoms with Crippen molar-refractivity contribution in [2.75, 3.05) is 0 Å². The van der Waals surface area contributed by atoms with E-state index < -0.39 is 19.8 Å². The molecule has 0 spiro atoms. The molecule has 1 heterocycles. The third kappa shape index (κ3) is 12.9. The number of hydrogen-bond donors (Lipinski definition) is 0. The molecule has 0 amide bonds. The molecule has 0 aliphatic heterocycles. The summed E-state index contributed by atoms with van der Waals surface area (Å²) >= 11 is 0.635. The second kappa shape index (κ2) is 15.5. The maximum atomic E-state index is 3.74. The van der Waals surface area contributed by atoms with Gasteiger partial charge >= 0.3 is 92.4 Å². The fourth-order valence-electron chi connectivity index (χ4n) is 2.09. The fourth-order valence-corrected chi connectivity index (χ4v) is 13.3. The molecular formula is C15H31NSSn. The van der Waals surface area contributed by atoms with Gasteiger partial charge in [-0.2, -0.15) is 0 Å². The van der Waals surface area contributed by atoms with Crippen molar-refractivity contribution >= 4 is 31.1 Å². The van der Waals surface area contributed by atoms with E-state index >= 15 is 0 Å². The van der Waals surface area contributed by atoms with Gasteiger partial charge in [-0.15, -0.1) is 11.3 Å². The SMILES string of the molecule is CCC[CH2][SnH]([CH2]CCC)[CH2]CCC.c1cscn1. The third-order valence-electron chi connectivity index (χ3n) is 3.24. The molecular weight excluding hydrogens is 345 g/mol. The van der Waals surface area contributed by atoms with Crippen molar-refractivity contribution in [1.82, 2.24) is 4.98 Å². The summed E-state index contributed by atoms with van der Waals surface area (Å²) in [7, 11) is 0. The molecule has 1 rings (SSSR count). The average Bonchev–Trinajstić information content (AvgIpc) is 2.97. The predicted octanol–water partition coefficient (Wildman–Crippen LogP) is 5.76. The van der Waals surface area contributed by atoms with Gasteiger partial charge in [0, 0.05) is 11.6 Å². The Bertz CT molecular complexity index is 190. The Morgan fingerprint density at radius 2 is 1.39 bits per heavy atom. The van der Waals surface area contributed by atoms with Crippen molar-refractivity contribution in [2.45, 2.75) is 72.6 Å². The predicted molar refractivity (Wildman–Crippen MR) is 88.4 cm³/mol. The molecule has 106 valence electrons.